The Morgan fingerprint density at radius 1 is 1.29 bits per heavy atom. The van der Waals surface area contributed by atoms with Gasteiger partial charge in [-0.2, -0.15) is 0 Å². The number of amides is 1. The summed E-state index contributed by atoms with van der Waals surface area (Å²) in [5.41, 5.74) is 4.63. The SMILES string of the molecule is COc1cccc2c1OC[C@@H](C(=O)NCCc1nc(C)c3c(n1)CCCC3)C2. The molecular formula is C22H27N3O3. The zero-order valence-electron chi connectivity index (χ0n) is 16.6. The molecule has 1 atom stereocenters. The number of hydrogen-bond acceptors (Lipinski definition) is 5. The van der Waals surface area contributed by atoms with Crippen LogP contribution in [-0.4, -0.2) is 36.1 Å². The highest BCUT2D eigenvalue weighted by Gasteiger charge is 2.27. The summed E-state index contributed by atoms with van der Waals surface area (Å²) in [5.74, 6) is 2.13. The van der Waals surface area contributed by atoms with Gasteiger partial charge < -0.3 is 14.8 Å². The van der Waals surface area contributed by atoms with Crippen molar-refractivity contribution in [3.63, 3.8) is 0 Å². The van der Waals surface area contributed by atoms with E-state index in [1.54, 1.807) is 7.11 Å². The summed E-state index contributed by atoms with van der Waals surface area (Å²) in [7, 11) is 1.63. The minimum atomic E-state index is -0.189. The standard InChI is InChI=1S/C22H27N3O3/c1-14-17-7-3-4-8-18(17)25-20(24-14)10-11-23-22(26)16-12-15-6-5-9-19(27-2)21(15)28-13-16/h5-6,9,16H,3-4,7-8,10-13H2,1-2H3,(H,23,26)/t16-/m0/s1. The molecule has 1 aromatic heterocycles. The number of aryl methyl sites for hydroxylation is 2. The van der Waals surface area contributed by atoms with E-state index in [-0.39, 0.29) is 11.8 Å². The minimum absolute atomic E-state index is 0.0168. The number of carbonyl (C=O) groups excluding carboxylic acids is 1. The zero-order valence-corrected chi connectivity index (χ0v) is 16.6. The average Bonchev–Trinajstić information content (AvgIpc) is 2.73. The topological polar surface area (TPSA) is 73.3 Å². The van der Waals surface area contributed by atoms with Gasteiger partial charge in [0.05, 0.1) is 13.0 Å². The van der Waals surface area contributed by atoms with Crippen LogP contribution in [0.25, 0.3) is 0 Å². The Kier molecular flexibility index (Phi) is 5.46. The monoisotopic (exact) mass is 381 g/mol. The molecule has 0 saturated heterocycles. The van der Waals surface area contributed by atoms with E-state index in [0.29, 0.717) is 26.0 Å². The molecule has 148 valence electrons. The average molecular weight is 381 g/mol. The highest BCUT2D eigenvalue weighted by molar-refractivity contribution is 5.79. The molecule has 0 bridgehead atoms. The fourth-order valence-corrected chi connectivity index (χ4v) is 4.12. The van der Waals surface area contributed by atoms with Crippen molar-refractivity contribution in [2.75, 3.05) is 20.3 Å². The number of methoxy groups -OCH3 is 1. The van der Waals surface area contributed by atoms with E-state index in [1.165, 1.54) is 24.1 Å². The van der Waals surface area contributed by atoms with Crippen LogP contribution in [0.4, 0.5) is 0 Å². The van der Waals surface area contributed by atoms with Gasteiger partial charge in [-0.3, -0.25) is 4.79 Å². The van der Waals surface area contributed by atoms with Crippen LogP contribution in [0.1, 0.15) is 41.2 Å². The van der Waals surface area contributed by atoms with Crippen molar-refractivity contribution >= 4 is 5.91 Å². The van der Waals surface area contributed by atoms with E-state index in [9.17, 15) is 4.79 Å². The summed E-state index contributed by atoms with van der Waals surface area (Å²) in [5, 5.41) is 3.03. The lowest BCUT2D eigenvalue weighted by Crippen LogP contribution is -2.38. The van der Waals surface area contributed by atoms with Gasteiger partial charge in [0.15, 0.2) is 11.5 Å². The Labute approximate surface area is 165 Å². The van der Waals surface area contributed by atoms with Crippen LogP contribution in [-0.2, 0) is 30.5 Å². The predicted octanol–water partition coefficient (Wildman–Crippen LogP) is 2.58. The molecule has 1 aromatic carbocycles. The second kappa shape index (κ2) is 8.17. The fourth-order valence-electron chi connectivity index (χ4n) is 4.12. The van der Waals surface area contributed by atoms with Crippen molar-refractivity contribution in [1.82, 2.24) is 15.3 Å². The molecule has 0 unspecified atom stereocenters. The molecule has 28 heavy (non-hydrogen) atoms. The Bertz CT molecular complexity index is 882. The number of carbonyl (C=O) groups is 1. The summed E-state index contributed by atoms with van der Waals surface area (Å²) in [6, 6.07) is 5.79. The Morgan fingerprint density at radius 2 is 2.14 bits per heavy atom. The second-order valence-corrected chi connectivity index (χ2v) is 7.56. The Balaban J connectivity index is 1.33. The molecule has 1 amide bonds. The van der Waals surface area contributed by atoms with Crippen LogP contribution in [0, 0.1) is 12.8 Å². The van der Waals surface area contributed by atoms with E-state index >= 15 is 0 Å². The maximum absolute atomic E-state index is 12.6. The van der Waals surface area contributed by atoms with Gasteiger partial charge >= 0.3 is 0 Å². The lowest BCUT2D eigenvalue weighted by atomic mass is 9.95. The fraction of sp³-hybridized carbons (Fsp3) is 0.500. The summed E-state index contributed by atoms with van der Waals surface area (Å²) in [6.45, 7) is 2.98. The lowest BCUT2D eigenvalue weighted by molar-refractivity contribution is -0.126. The normalized spacial score (nSPS) is 17.9. The van der Waals surface area contributed by atoms with Crippen molar-refractivity contribution in [3.05, 3.63) is 46.5 Å². The summed E-state index contributed by atoms with van der Waals surface area (Å²) >= 11 is 0. The highest BCUT2D eigenvalue weighted by atomic mass is 16.5. The molecular weight excluding hydrogens is 354 g/mol. The Hall–Kier alpha value is -2.63. The third-order valence-electron chi connectivity index (χ3n) is 5.63. The van der Waals surface area contributed by atoms with Crippen molar-refractivity contribution in [2.45, 2.75) is 45.4 Å². The van der Waals surface area contributed by atoms with Crippen LogP contribution in [0.2, 0.25) is 0 Å². The van der Waals surface area contributed by atoms with E-state index < -0.39 is 0 Å². The zero-order chi connectivity index (χ0) is 19.5. The number of rotatable bonds is 5. The maximum Gasteiger partial charge on any atom is 0.226 e. The van der Waals surface area contributed by atoms with Crippen LogP contribution in [0.5, 0.6) is 11.5 Å². The molecule has 4 rings (SSSR count). The number of ether oxygens (including phenoxy) is 2. The van der Waals surface area contributed by atoms with E-state index in [2.05, 4.69) is 17.2 Å². The van der Waals surface area contributed by atoms with E-state index in [0.717, 1.165) is 41.4 Å². The third kappa shape index (κ3) is 3.81. The quantitative estimate of drug-likeness (QED) is 0.862. The number of benzene rings is 1. The van der Waals surface area contributed by atoms with Gasteiger partial charge in [0, 0.05) is 24.4 Å². The van der Waals surface area contributed by atoms with Crippen molar-refractivity contribution in [2.24, 2.45) is 5.92 Å². The van der Waals surface area contributed by atoms with E-state index in [1.807, 2.05) is 18.2 Å². The Morgan fingerprint density at radius 3 is 3.00 bits per heavy atom. The first-order valence-corrected chi connectivity index (χ1v) is 10.1. The van der Waals surface area contributed by atoms with Gasteiger partial charge in [0.25, 0.3) is 0 Å². The molecule has 1 aliphatic carbocycles. The molecule has 2 aromatic rings. The minimum Gasteiger partial charge on any atom is -0.493 e. The first-order chi connectivity index (χ1) is 13.7. The highest BCUT2D eigenvalue weighted by Crippen LogP contribution is 2.36. The first kappa shape index (κ1) is 18.7. The number of nitrogens with zero attached hydrogens (tertiary/aromatic N) is 2. The van der Waals surface area contributed by atoms with Crippen molar-refractivity contribution < 1.29 is 14.3 Å². The molecule has 2 heterocycles. The van der Waals surface area contributed by atoms with Crippen LogP contribution in [0.15, 0.2) is 18.2 Å². The second-order valence-electron chi connectivity index (χ2n) is 7.56. The van der Waals surface area contributed by atoms with Crippen molar-refractivity contribution in [1.29, 1.82) is 0 Å². The van der Waals surface area contributed by atoms with Gasteiger partial charge in [0.1, 0.15) is 12.4 Å². The van der Waals surface area contributed by atoms with Crippen LogP contribution < -0.4 is 14.8 Å². The first-order valence-electron chi connectivity index (χ1n) is 10.1. The van der Waals surface area contributed by atoms with Crippen LogP contribution >= 0.6 is 0 Å². The molecule has 0 spiro atoms. The van der Waals surface area contributed by atoms with Crippen LogP contribution in [0.3, 0.4) is 0 Å². The van der Waals surface area contributed by atoms with Gasteiger partial charge in [0.2, 0.25) is 5.91 Å². The largest absolute Gasteiger partial charge is 0.493 e. The lowest BCUT2D eigenvalue weighted by Gasteiger charge is -2.25. The van der Waals surface area contributed by atoms with Crippen molar-refractivity contribution in [3.8, 4) is 11.5 Å². The molecule has 0 saturated carbocycles. The summed E-state index contributed by atoms with van der Waals surface area (Å²) in [6.07, 6.45) is 5.87. The summed E-state index contributed by atoms with van der Waals surface area (Å²) in [4.78, 5) is 22.0. The molecule has 1 aliphatic heterocycles. The third-order valence-corrected chi connectivity index (χ3v) is 5.63. The predicted molar refractivity (Wildman–Crippen MR) is 106 cm³/mol. The summed E-state index contributed by atoms with van der Waals surface area (Å²) < 4.78 is 11.1. The number of para-hydroxylation sites is 1. The van der Waals surface area contributed by atoms with Gasteiger partial charge in [-0.1, -0.05) is 12.1 Å². The molecule has 2 aliphatic rings. The van der Waals surface area contributed by atoms with Gasteiger partial charge in [-0.15, -0.1) is 0 Å². The van der Waals surface area contributed by atoms with Gasteiger partial charge in [-0.25, -0.2) is 9.97 Å². The molecule has 0 fully saturated rings. The smallest absolute Gasteiger partial charge is 0.226 e. The number of nitrogens with one attached hydrogen (secondary N) is 1. The molecule has 0 radical (unpaired) electrons. The van der Waals surface area contributed by atoms with Gasteiger partial charge in [-0.05, 0) is 56.2 Å². The molecule has 1 N–H and O–H groups in total. The number of fused-ring (bicyclic) bond motifs is 2. The molecule has 6 nitrogen and oxygen atoms in total. The number of hydrogen-bond donors (Lipinski definition) is 1. The van der Waals surface area contributed by atoms with E-state index in [4.69, 9.17) is 14.5 Å². The molecule has 6 heteroatoms. The maximum atomic E-state index is 12.6. The number of aromatic nitrogens is 2.